The summed E-state index contributed by atoms with van der Waals surface area (Å²) >= 11 is 4.88. The van der Waals surface area contributed by atoms with Crippen LogP contribution in [-0.2, 0) is 0 Å². The Morgan fingerprint density at radius 2 is 2.21 bits per heavy atom. The van der Waals surface area contributed by atoms with Crippen molar-refractivity contribution in [3.63, 3.8) is 0 Å². The number of thiocarbonyl (C=S) groups is 1. The molecule has 4 nitrogen and oxygen atoms in total. The van der Waals surface area contributed by atoms with Gasteiger partial charge in [-0.1, -0.05) is 12.2 Å². The molecule has 0 aliphatic carbocycles. The molecular formula is C14H22N4S. The van der Waals surface area contributed by atoms with E-state index in [0.29, 0.717) is 10.7 Å². The quantitative estimate of drug-likeness (QED) is 0.805. The van der Waals surface area contributed by atoms with Crippen LogP contribution in [0.2, 0.25) is 0 Å². The molecular weight excluding hydrogens is 256 g/mol. The van der Waals surface area contributed by atoms with Crippen molar-refractivity contribution in [1.82, 2.24) is 9.88 Å². The summed E-state index contributed by atoms with van der Waals surface area (Å²) in [6.45, 7) is 3.46. The fraction of sp³-hybridized carbons (Fsp3) is 0.571. The molecule has 2 rings (SSSR count). The first-order valence-electron chi connectivity index (χ1n) is 6.83. The first-order valence-corrected chi connectivity index (χ1v) is 7.24. The second-order valence-corrected chi connectivity index (χ2v) is 5.70. The van der Waals surface area contributed by atoms with Gasteiger partial charge < -0.3 is 16.0 Å². The predicted octanol–water partition coefficient (Wildman–Crippen LogP) is 1.86. The molecule has 0 unspecified atom stereocenters. The number of nitrogens with one attached hydrogen (secondary N) is 1. The van der Waals surface area contributed by atoms with E-state index in [1.54, 1.807) is 6.20 Å². The van der Waals surface area contributed by atoms with E-state index in [2.05, 4.69) is 22.2 Å². The molecule has 2 heterocycles. The minimum atomic E-state index is 0.345. The number of pyridine rings is 1. The molecule has 0 aromatic carbocycles. The lowest BCUT2D eigenvalue weighted by Gasteiger charge is -2.28. The molecule has 0 spiro atoms. The zero-order valence-corrected chi connectivity index (χ0v) is 12.2. The summed E-state index contributed by atoms with van der Waals surface area (Å²) in [4.78, 5) is 6.97. The van der Waals surface area contributed by atoms with Gasteiger partial charge in [0.05, 0.1) is 17.6 Å². The van der Waals surface area contributed by atoms with Gasteiger partial charge in [-0.15, -0.1) is 0 Å². The summed E-state index contributed by atoms with van der Waals surface area (Å²) in [6.07, 6.45) is 5.65. The average molecular weight is 278 g/mol. The van der Waals surface area contributed by atoms with Crippen molar-refractivity contribution in [1.29, 1.82) is 0 Å². The van der Waals surface area contributed by atoms with Gasteiger partial charge in [-0.25, -0.2) is 0 Å². The van der Waals surface area contributed by atoms with Crippen LogP contribution in [0.1, 0.15) is 25.0 Å². The highest BCUT2D eigenvalue weighted by molar-refractivity contribution is 7.80. The Bertz CT molecular complexity index is 410. The summed E-state index contributed by atoms with van der Waals surface area (Å²) in [5.74, 6) is 0.854. The Kier molecular flexibility index (Phi) is 5.10. The molecule has 0 radical (unpaired) electrons. The van der Waals surface area contributed by atoms with Crippen LogP contribution in [0.25, 0.3) is 0 Å². The van der Waals surface area contributed by atoms with Gasteiger partial charge in [0, 0.05) is 6.54 Å². The summed E-state index contributed by atoms with van der Waals surface area (Å²) < 4.78 is 0. The van der Waals surface area contributed by atoms with Crippen molar-refractivity contribution in [2.45, 2.75) is 19.3 Å². The number of likely N-dealkylation sites (tertiary alicyclic amines) is 1. The van der Waals surface area contributed by atoms with Gasteiger partial charge in [-0.2, -0.15) is 0 Å². The summed E-state index contributed by atoms with van der Waals surface area (Å²) in [7, 11) is 2.20. The average Bonchev–Trinajstić information content (AvgIpc) is 2.41. The number of hydrogen-bond donors (Lipinski definition) is 2. The second kappa shape index (κ2) is 6.82. The van der Waals surface area contributed by atoms with E-state index >= 15 is 0 Å². The standard InChI is InChI=1S/C14H22N4S/c1-18-8-5-11(6-9-18)4-7-16-12-2-3-13(14(15)19)17-10-12/h2-3,10-11,16H,4-9H2,1H3,(H2,15,19). The van der Waals surface area contributed by atoms with Crippen LogP contribution in [0.4, 0.5) is 5.69 Å². The zero-order chi connectivity index (χ0) is 13.7. The Labute approximate surface area is 120 Å². The van der Waals surface area contributed by atoms with Crippen molar-refractivity contribution in [3.05, 3.63) is 24.0 Å². The number of anilines is 1. The molecule has 0 saturated carbocycles. The third kappa shape index (κ3) is 4.44. The summed E-state index contributed by atoms with van der Waals surface area (Å²) in [5, 5.41) is 3.41. The Hall–Kier alpha value is -1.20. The maximum atomic E-state index is 5.52. The van der Waals surface area contributed by atoms with Gasteiger partial charge >= 0.3 is 0 Å². The van der Waals surface area contributed by atoms with Gasteiger partial charge in [0.2, 0.25) is 0 Å². The van der Waals surface area contributed by atoms with Gasteiger partial charge in [0.25, 0.3) is 0 Å². The number of aromatic nitrogens is 1. The molecule has 0 amide bonds. The topological polar surface area (TPSA) is 54.2 Å². The molecule has 5 heteroatoms. The fourth-order valence-corrected chi connectivity index (χ4v) is 2.54. The van der Waals surface area contributed by atoms with Crippen molar-refractivity contribution >= 4 is 22.9 Å². The Morgan fingerprint density at radius 3 is 2.79 bits per heavy atom. The third-order valence-corrected chi connectivity index (χ3v) is 3.94. The van der Waals surface area contributed by atoms with Crippen LogP contribution < -0.4 is 11.1 Å². The molecule has 1 aromatic heterocycles. The normalized spacial score (nSPS) is 17.3. The summed E-state index contributed by atoms with van der Waals surface area (Å²) in [6, 6.07) is 3.84. The van der Waals surface area contributed by atoms with E-state index in [1.165, 1.54) is 32.4 Å². The molecule has 19 heavy (non-hydrogen) atoms. The van der Waals surface area contributed by atoms with E-state index in [0.717, 1.165) is 18.2 Å². The van der Waals surface area contributed by atoms with E-state index in [-0.39, 0.29) is 0 Å². The van der Waals surface area contributed by atoms with E-state index in [4.69, 9.17) is 18.0 Å². The molecule has 0 bridgehead atoms. The van der Waals surface area contributed by atoms with Gasteiger partial charge in [-0.05, 0) is 57.5 Å². The predicted molar refractivity (Wildman–Crippen MR) is 83.5 cm³/mol. The monoisotopic (exact) mass is 278 g/mol. The molecule has 3 N–H and O–H groups in total. The van der Waals surface area contributed by atoms with Crippen molar-refractivity contribution < 1.29 is 0 Å². The van der Waals surface area contributed by atoms with E-state index in [9.17, 15) is 0 Å². The number of piperidine rings is 1. The first kappa shape index (κ1) is 14.2. The van der Waals surface area contributed by atoms with Crippen molar-refractivity contribution in [3.8, 4) is 0 Å². The molecule has 1 aliphatic rings. The summed E-state index contributed by atoms with van der Waals surface area (Å²) in [5.41, 5.74) is 7.23. The maximum Gasteiger partial charge on any atom is 0.122 e. The van der Waals surface area contributed by atoms with Crippen molar-refractivity contribution in [2.24, 2.45) is 11.7 Å². The first-order chi connectivity index (χ1) is 9.15. The largest absolute Gasteiger partial charge is 0.388 e. The van der Waals surface area contributed by atoms with Gasteiger partial charge in [0.15, 0.2) is 0 Å². The van der Waals surface area contributed by atoms with Gasteiger partial charge in [0.1, 0.15) is 4.99 Å². The number of nitrogens with two attached hydrogens (primary N) is 1. The zero-order valence-electron chi connectivity index (χ0n) is 11.4. The SMILES string of the molecule is CN1CCC(CCNc2ccc(C(N)=S)nc2)CC1. The highest BCUT2D eigenvalue weighted by atomic mass is 32.1. The van der Waals surface area contributed by atoms with Crippen LogP contribution in [-0.4, -0.2) is 41.6 Å². The van der Waals surface area contributed by atoms with Crippen LogP contribution in [0.5, 0.6) is 0 Å². The maximum absolute atomic E-state index is 5.52. The van der Waals surface area contributed by atoms with E-state index < -0.39 is 0 Å². The molecule has 1 aliphatic heterocycles. The lowest BCUT2D eigenvalue weighted by molar-refractivity contribution is 0.215. The Balaban J connectivity index is 1.72. The van der Waals surface area contributed by atoms with Crippen LogP contribution in [0, 0.1) is 5.92 Å². The number of rotatable bonds is 5. The smallest absolute Gasteiger partial charge is 0.122 e. The van der Waals surface area contributed by atoms with Crippen LogP contribution in [0.3, 0.4) is 0 Å². The number of nitrogens with zero attached hydrogens (tertiary/aromatic N) is 2. The third-order valence-electron chi connectivity index (χ3n) is 3.74. The fourth-order valence-electron chi connectivity index (χ4n) is 2.42. The molecule has 1 aromatic rings. The van der Waals surface area contributed by atoms with Crippen LogP contribution >= 0.6 is 12.2 Å². The molecule has 104 valence electrons. The molecule has 1 saturated heterocycles. The lowest BCUT2D eigenvalue weighted by atomic mass is 9.94. The Morgan fingerprint density at radius 1 is 1.47 bits per heavy atom. The minimum Gasteiger partial charge on any atom is -0.388 e. The highest BCUT2D eigenvalue weighted by Crippen LogP contribution is 2.19. The van der Waals surface area contributed by atoms with Gasteiger partial charge in [-0.3, -0.25) is 4.98 Å². The molecule has 1 fully saturated rings. The molecule has 0 atom stereocenters. The van der Waals surface area contributed by atoms with Crippen LogP contribution in [0.15, 0.2) is 18.3 Å². The highest BCUT2D eigenvalue weighted by Gasteiger charge is 2.15. The number of hydrogen-bond acceptors (Lipinski definition) is 4. The van der Waals surface area contributed by atoms with E-state index in [1.807, 2.05) is 12.1 Å². The minimum absolute atomic E-state index is 0.345. The van der Waals surface area contributed by atoms with Crippen molar-refractivity contribution in [2.75, 3.05) is 32.0 Å². The lowest BCUT2D eigenvalue weighted by Crippen LogP contribution is -2.30. The second-order valence-electron chi connectivity index (χ2n) is 5.26.